The number of anilines is 1. The first kappa shape index (κ1) is 16.2. The maximum Gasteiger partial charge on any atom is 0.241 e. The lowest BCUT2D eigenvalue weighted by Crippen LogP contribution is -2.27. The molecule has 1 N–H and O–H groups in total. The maximum absolute atomic E-state index is 12.4. The first-order chi connectivity index (χ1) is 11.0. The third-order valence-electron chi connectivity index (χ3n) is 3.83. The molecule has 23 heavy (non-hydrogen) atoms. The van der Waals surface area contributed by atoms with E-state index in [4.69, 9.17) is 0 Å². The van der Waals surface area contributed by atoms with Gasteiger partial charge < -0.3 is 4.90 Å². The molecule has 0 unspecified atom stereocenters. The summed E-state index contributed by atoms with van der Waals surface area (Å²) in [6, 6.07) is 9.99. The maximum atomic E-state index is 12.4. The molecule has 0 saturated carbocycles. The molecule has 122 valence electrons. The standard InChI is InChI=1S/C16H18N2O3S2/c1-12(15-4-3-11-22-15)17-23(20,21)14-8-6-13(7-9-14)18-10-2-5-16(18)19/h3-4,6-9,11-12,17H,2,5,10H2,1H3/t12-/m0/s1. The summed E-state index contributed by atoms with van der Waals surface area (Å²) in [5, 5.41) is 1.92. The molecule has 0 bridgehead atoms. The Morgan fingerprint density at radius 2 is 1.96 bits per heavy atom. The first-order valence-corrected chi connectivity index (χ1v) is 9.80. The number of nitrogens with one attached hydrogen (secondary N) is 1. The van der Waals surface area contributed by atoms with Crippen molar-refractivity contribution in [1.82, 2.24) is 4.72 Å². The van der Waals surface area contributed by atoms with Crippen LogP contribution >= 0.6 is 11.3 Å². The molecule has 0 aliphatic carbocycles. The van der Waals surface area contributed by atoms with E-state index in [0.29, 0.717) is 13.0 Å². The molecule has 1 amide bonds. The van der Waals surface area contributed by atoms with Crippen molar-refractivity contribution in [2.45, 2.75) is 30.7 Å². The Labute approximate surface area is 140 Å². The van der Waals surface area contributed by atoms with E-state index < -0.39 is 10.0 Å². The van der Waals surface area contributed by atoms with Gasteiger partial charge in [0.1, 0.15) is 0 Å². The molecule has 3 rings (SSSR count). The number of hydrogen-bond acceptors (Lipinski definition) is 4. The van der Waals surface area contributed by atoms with E-state index in [-0.39, 0.29) is 16.8 Å². The summed E-state index contributed by atoms with van der Waals surface area (Å²) in [7, 11) is -3.59. The molecule has 1 fully saturated rings. The van der Waals surface area contributed by atoms with Crippen molar-refractivity contribution in [2.24, 2.45) is 0 Å². The Bertz CT molecular complexity index is 783. The molecule has 2 aromatic rings. The SMILES string of the molecule is C[C@H](NS(=O)(=O)c1ccc(N2CCCC2=O)cc1)c1cccs1. The highest BCUT2D eigenvalue weighted by molar-refractivity contribution is 7.89. The number of hydrogen-bond donors (Lipinski definition) is 1. The van der Waals surface area contributed by atoms with Crippen molar-refractivity contribution in [1.29, 1.82) is 0 Å². The minimum atomic E-state index is -3.59. The van der Waals surface area contributed by atoms with Crippen molar-refractivity contribution in [3.05, 3.63) is 46.7 Å². The quantitative estimate of drug-likeness (QED) is 0.902. The van der Waals surface area contributed by atoms with Gasteiger partial charge in [0.2, 0.25) is 15.9 Å². The third-order valence-corrected chi connectivity index (χ3v) is 6.45. The predicted molar refractivity (Wildman–Crippen MR) is 91.1 cm³/mol. The Morgan fingerprint density at radius 3 is 2.52 bits per heavy atom. The van der Waals surface area contributed by atoms with E-state index in [1.165, 1.54) is 11.3 Å². The number of amides is 1. The van der Waals surface area contributed by atoms with Gasteiger partial charge in [-0.2, -0.15) is 0 Å². The molecular weight excluding hydrogens is 332 g/mol. The summed E-state index contributed by atoms with van der Waals surface area (Å²) < 4.78 is 27.6. The van der Waals surface area contributed by atoms with Crippen LogP contribution in [0.5, 0.6) is 0 Å². The van der Waals surface area contributed by atoms with Gasteiger partial charge in [0.25, 0.3) is 0 Å². The summed E-state index contributed by atoms with van der Waals surface area (Å²) >= 11 is 1.52. The van der Waals surface area contributed by atoms with Crippen LogP contribution in [0.4, 0.5) is 5.69 Å². The van der Waals surface area contributed by atoms with Gasteiger partial charge >= 0.3 is 0 Å². The fourth-order valence-corrected chi connectivity index (χ4v) is 4.65. The van der Waals surface area contributed by atoms with Gasteiger partial charge in [-0.15, -0.1) is 11.3 Å². The molecule has 1 aliphatic heterocycles. The van der Waals surface area contributed by atoms with Crippen molar-refractivity contribution in [3.8, 4) is 0 Å². The minimum Gasteiger partial charge on any atom is -0.312 e. The zero-order chi connectivity index (χ0) is 16.4. The van der Waals surface area contributed by atoms with Crippen molar-refractivity contribution in [2.75, 3.05) is 11.4 Å². The highest BCUT2D eigenvalue weighted by Gasteiger charge is 2.23. The van der Waals surface area contributed by atoms with Gasteiger partial charge in [0.05, 0.1) is 10.9 Å². The second-order valence-corrected chi connectivity index (χ2v) is 8.19. The van der Waals surface area contributed by atoms with E-state index in [9.17, 15) is 13.2 Å². The topological polar surface area (TPSA) is 66.5 Å². The highest BCUT2D eigenvalue weighted by atomic mass is 32.2. The van der Waals surface area contributed by atoms with Crippen LogP contribution in [0.15, 0.2) is 46.7 Å². The Balaban J connectivity index is 1.76. The fraction of sp³-hybridized carbons (Fsp3) is 0.312. The number of rotatable bonds is 5. The molecule has 7 heteroatoms. The molecule has 1 aromatic heterocycles. The second kappa shape index (κ2) is 6.43. The van der Waals surface area contributed by atoms with Gasteiger partial charge in [-0.3, -0.25) is 4.79 Å². The van der Waals surface area contributed by atoms with Crippen LogP contribution in [0.3, 0.4) is 0 Å². The number of carbonyl (C=O) groups excluding carboxylic acids is 1. The Kier molecular flexibility index (Phi) is 4.52. The van der Waals surface area contributed by atoms with E-state index in [0.717, 1.165) is 17.0 Å². The van der Waals surface area contributed by atoms with Crippen LogP contribution < -0.4 is 9.62 Å². The van der Waals surface area contributed by atoms with E-state index in [1.807, 2.05) is 24.4 Å². The number of thiophene rings is 1. The number of sulfonamides is 1. The minimum absolute atomic E-state index is 0.0880. The molecular formula is C16H18N2O3S2. The largest absolute Gasteiger partial charge is 0.312 e. The molecule has 1 saturated heterocycles. The summed E-state index contributed by atoms with van der Waals surface area (Å²) in [6.07, 6.45) is 1.40. The van der Waals surface area contributed by atoms with E-state index in [2.05, 4.69) is 4.72 Å². The molecule has 2 heterocycles. The van der Waals surface area contributed by atoms with Gasteiger partial charge in [-0.05, 0) is 49.1 Å². The van der Waals surface area contributed by atoms with Crippen LogP contribution in [0.25, 0.3) is 0 Å². The highest BCUT2D eigenvalue weighted by Crippen LogP contribution is 2.24. The van der Waals surface area contributed by atoms with Crippen LogP contribution in [0.2, 0.25) is 0 Å². The lowest BCUT2D eigenvalue weighted by molar-refractivity contribution is -0.117. The van der Waals surface area contributed by atoms with E-state index >= 15 is 0 Å². The van der Waals surface area contributed by atoms with Crippen LogP contribution in [0, 0.1) is 0 Å². The summed E-state index contributed by atoms with van der Waals surface area (Å²) in [5.41, 5.74) is 0.748. The molecule has 1 atom stereocenters. The van der Waals surface area contributed by atoms with Gasteiger partial charge in [0.15, 0.2) is 0 Å². The molecule has 1 aromatic carbocycles. The monoisotopic (exact) mass is 350 g/mol. The normalized spacial score (nSPS) is 16.7. The van der Waals surface area contributed by atoms with Crippen LogP contribution in [-0.2, 0) is 14.8 Å². The smallest absolute Gasteiger partial charge is 0.241 e. The van der Waals surface area contributed by atoms with Gasteiger partial charge in [-0.25, -0.2) is 13.1 Å². The Hall–Kier alpha value is -1.70. The number of nitrogens with zero attached hydrogens (tertiary/aromatic N) is 1. The summed E-state index contributed by atoms with van der Waals surface area (Å²) in [4.78, 5) is 14.6. The average Bonchev–Trinajstić information content (AvgIpc) is 3.18. The molecule has 1 aliphatic rings. The zero-order valence-corrected chi connectivity index (χ0v) is 14.4. The molecule has 0 radical (unpaired) electrons. The third kappa shape index (κ3) is 3.46. The summed E-state index contributed by atoms with van der Waals surface area (Å²) in [6.45, 7) is 2.51. The van der Waals surface area contributed by atoms with E-state index in [1.54, 1.807) is 29.2 Å². The first-order valence-electron chi connectivity index (χ1n) is 7.43. The number of benzene rings is 1. The van der Waals surface area contributed by atoms with Crippen molar-refractivity contribution in [3.63, 3.8) is 0 Å². The van der Waals surface area contributed by atoms with Crippen molar-refractivity contribution < 1.29 is 13.2 Å². The van der Waals surface area contributed by atoms with Gasteiger partial charge in [0, 0.05) is 23.5 Å². The zero-order valence-electron chi connectivity index (χ0n) is 12.7. The predicted octanol–water partition coefficient (Wildman–Crippen LogP) is 2.91. The van der Waals surface area contributed by atoms with Crippen molar-refractivity contribution >= 4 is 33.0 Å². The summed E-state index contributed by atoms with van der Waals surface area (Å²) in [5.74, 6) is 0.0880. The molecule has 5 nitrogen and oxygen atoms in total. The second-order valence-electron chi connectivity index (χ2n) is 5.50. The van der Waals surface area contributed by atoms with Gasteiger partial charge in [-0.1, -0.05) is 6.07 Å². The average molecular weight is 350 g/mol. The lowest BCUT2D eigenvalue weighted by Gasteiger charge is -2.17. The lowest BCUT2D eigenvalue weighted by atomic mass is 10.3. The molecule has 0 spiro atoms. The van der Waals surface area contributed by atoms with Crippen LogP contribution in [-0.4, -0.2) is 20.9 Å². The fourth-order valence-electron chi connectivity index (χ4n) is 2.62. The number of carbonyl (C=O) groups is 1. The Morgan fingerprint density at radius 1 is 1.22 bits per heavy atom. The van der Waals surface area contributed by atoms with Crippen LogP contribution in [0.1, 0.15) is 30.7 Å².